The maximum atomic E-state index is 12.3. The van der Waals surface area contributed by atoms with E-state index in [0.29, 0.717) is 29.4 Å². The Bertz CT molecular complexity index is 939. The Labute approximate surface area is 174 Å². The summed E-state index contributed by atoms with van der Waals surface area (Å²) < 4.78 is 15.7. The zero-order valence-corrected chi connectivity index (χ0v) is 16.9. The predicted octanol–water partition coefficient (Wildman–Crippen LogP) is 2.78. The highest BCUT2D eigenvalue weighted by Crippen LogP contribution is 2.28. The van der Waals surface area contributed by atoms with Crippen LogP contribution in [0.4, 0.5) is 5.69 Å². The van der Waals surface area contributed by atoms with Gasteiger partial charge in [0.2, 0.25) is 0 Å². The Balaban J connectivity index is 1.54. The number of carbonyl (C=O) groups excluding carboxylic acids is 3. The number of benzene rings is 2. The normalized spacial score (nSPS) is 12.6. The highest BCUT2D eigenvalue weighted by molar-refractivity contribution is 5.98. The van der Waals surface area contributed by atoms with Gasteiger partial charge in [0, 0.05) is 17.3 Å². The average Bonchev–Trinajstić information content (AvgIpc) is 3.56. The zero-order valence-electron chi connectivity index (χ0n) is 16.9. The monoisotopic (exact) mass is 412 g/mol. The lowest BCUT2D eigenvalue weighted by molar-refractivity contribution is -0.119. The molecule has 2 N–H and O–H groups in total. The lowest BCUT2D eigenvalue weighted by Crippen LogP contribution is -2.25. The van der Waals surface area contributed by atoms with Crippen LogP contribution in [0, 0.1) is 0 Å². The fourth-order valence-corrected chi connectivity index (χ4v) is 2.72. The number of amides is 2. The van der Waals surface area contributed by atoms with Crippen molar-refractivity contribution in [3.63, 3.8) is 0 Å². The summed E-state index contributed by atoms with van der Waals surface area (Å²) in [4.78, 5) is 36.5. The molecule has 8 nitrogen and oxygen atoms in total. The van der Waals surface area contributed by atoms with Gasteiger partial charge in [-0.2, -0.15) is 0 Å². The maximum Gasteiger partial charge on any atom is 0.338 e. The Morgan fingerprint density at radius 3 is 2.53 bits per heavy atom. The molecule has 1 saturated carbocycles. The fraction of sp³-hybridized carbons (Fsp3) is 0.318. The first-order valence-corrected chi connectivity index (χ1v) is 9.69. The van der Waals surface area contributed by atoms with E-state index >= 15 is 0 Å². The Kier molecular flexibility index (Phi) is 6.90. The number of nitrogens with one attached hydrogen (secondary N) is 2. The van der Waals surface area contributed by atoms with Gasteiger partial charge in [-0.1, -0.05) is 6.07 Å². The maximum absolute atomic E-state index is 12.3. The number of hydrogen-bond acceptors (Lipinski definition) is 6. The molecule has 0 aromatic heterocycles. The van der Waals surface area contributed by atoms with Crippen LogP contribution in [-0.4, -0.2) is 44.1 Å². The molecule has 0 radical (unpaired) electrons. The number of rotatable bonds is 9. The van der Waals surface area contributed by atoms with Crippen molar-refractivity contribution in [2.75, 3.05) is 25.6 Å². The quantitative estimate of drug-likeness (QED) is 0.614. The molecule has 0 spiro atoms. The molecule has 2 aromatic rings. The molecule has 0 bridgehead atoms. The summed E-state index contributed by atoms with van der Waals surface area (Å²) in [5, 5.41) is 5.51. The summed E-state index contributed by atoms with van der Waals surface area (Å²) in [6.45, 7) is 1.77. The molecule has 0 heterocycles. The fourth-order valence-electron chi connectivity index (χ4n) is 2.72. The van der Waals surface area contributed by atoms with Crippen molar-refractivity contribution < 1.29 is 28.6 Å². The third-order valence-electron chi connectivity index (χ3n) is 4.35. The number of anilines is 1. The first kappa shape index (κ1) is 21.2. The van der Waals surface area contributed by atoms with Gasteiger partial charge < -0.3 is 24.8 Å². The molecule has 1 aliphatic rings. The average molecular weight is 412 g/mol. The van der Waals surface area contributed by atoms with Crippen LogP contribution in [0.5, 0.6) is 11.5 Å². The third kappa shape index (κ3) is 5.73. The van der Waals surface area contributed by atoms with Crippen molar-refractivity contribution >= 4 is 23.5 Å². The largest absolute Gasteiger partial charge is 0.493 e. The minimum absolute atomic E-state index is 0.176. The number of ether oxygens (including phenoxy) is 3. The first-order valence-electron chi connectivity index (χ1n) is 9.69. The Hall–Kier alpha value is -3.55. The SMILES string of the molecule is CCOc1cc(C(=O)OCC(=O)Nc2cccc(C(=O)NC3CC3)c2)ccc1OC. The minimum Gasteiger partial charge on any atom is -0.493 e. The third-order valence-corrected chi connectivity index (χ3v) is 4.35. The van der Waals surface area contributed by atoms with E-state index in [2.05, 4.69) is 10.6 Å². The smallest absolute Gasteiger partial charge is 0.338 e. The second kappa shape index (κ2) is 9.78. The van der Waals surface area contributed by atoms with Crippen LogP contribution in [0.1, 0.15) is 40.5 Å². The van der Waals surface area contributed by atoms with Crippen LogP contribution in [0.25, 0.3) is 0 Å². The second-order valence-electron chi connectivity index (χ2n) is 6.75. The van der Waals surface area contributed by atoms with Gasteiger partial charge in [-0.05, 0) is 56.2 Å². The molecule has 8 heteroatoms. The summed E-state index contributed by atoms with van der Waals surface area (Å²) in [7, 11) is 1.50. The summed E-state index contributed by atoms with van der Waals surface area (Å²) in [5.74, 6) is -0.436. The van der Waals surface area contributed by atoms with Gasteiger partial charge in [0.25, 0.3) is 11.8 Å². The molecule has 3 rings (SSSR count). The number of methoxy groups -OCH3 is 1. The van der Waals surface area contributed by atoms with Crippen LogP contribution >= 0.6 is 0 Å². The topological polar surface area (TPSA) is 103 Å². The van der Waals surface area contributed by atoms with Crippen LogP contribution < -0.4 is 20.1 Å². The number of hydrogen-bond donors (Lipinski definition) is 2. The summed E-state index contributed by atoms with van der Waals surface area (Å²) in [5.41, 5.74) is 1.15. The number of carbonyl (C=O) groups is 3. The van der Waals surface area contributed by atoms with Gasteiger partial charge in [-0.25, -0.2) is 4.79 Å². The molecule has 1 aliphatic carbocycles. The van der Waals surface area contributed by atoms with Crippen molar-refractivity contribution in [3.8, 4) is 11.5 Å². The molecule has 0 aliphatic heterocycles. The van der Waals surface area contributed by atoms with Crippen molar-refractivity contribution in [1.29, 1.82) is 0 Å². The van der Waals surface area contributed by atoms with Gasteiger partial charge >= 0.3 is 5.97 Å². The Morgan fingerprint density at radius 2 is 1.83 bits per heavy atom. The zero-order chi connectivity index (χ0) is 21.5. The number of esters is 1. The van der Waals surface area contributed by atoms with Crippen molar-refractivity contribution in [2.24, 2.45) is 0 Å². The van der Waals surface area contributed by atoms with Crippen LogP contribution in [0.3, 0.4) is 0 Å². The van der Waals surface area contributed by atoms with Crippen molar-refractivity contribution in [2.45, 2.75) is 25.8 Å². The van der Waals surface area contributed by atoms with E-state index < -0.39 is 18.5 Å². The van der Waals surface area contributed by atoms with E-state index in [1.165, 1.54) is 19.2 Å². The first-order chi connectivity index (χ1) is 14.5. The second-order valence-corrected chi connectivity index (χ2v) is 6.75. The minimum atomic E-state index is -0.661. The molecular formula is C22H24N2O6. The van der Waals surface area contributed by atoms with E-state index in [9.17, 15) is 14.4 Å². The van der Waals surface area contributed by atoms with Crippen LogP contribution in [-0.2, 0) is 9.53 Å². The molecule has 30 heavy (non-hydrogen) atoms. The summed E-state index contributed by atoms with van der Waals surface area (Å²) in [6.07, 6.45) is 1.99. The highest BCUT2D eigenvalue weighted by atomic mass is 16.5. The molecular weight excluding hydrogens is 388 g/mol. The Morgan fingerprint density at radius 1 is 1.03 bits per heavy atom. The highest BCUT2D eigenvalue weighted by Gasteiger charge is 2.23. The van der Waals surface area contributed by atoms with Crippen LogP contribution in [0.2, 0.25) is 0 Å². The van der Waals surface area contributed by atoms with Crippen molar-refractivity contribution in [1.82, 2.24) is 5.32 Å². The van der Waals surface area contributed by atoms with Gasteiger partial charge in [-0.15, -0.1) is 0 Å². The van der Waals surface area contributed by atoms with Gasteiger partial charge in [0.15, 0.2) is 18.1 Å². The molecule has 0 unspecified atom stereocenters. The predicted molar refractivity (Wildman–Crippen MR) is 110 cm³/mol. The van der Waals surface area contributed by atoms with E-state index in [0.717, 1.165) is 12.8 Å². The lowest BCUT2D eigenvalue weighted by atomic mass is 10.2. The molecule has 1 fully saturated rings. The van der Waals surface area contributed by atoms with E-state index in [4.69, 9.17) is 14.2 Å². The molecule has 0 saturated heterocycles. The van der Waals surface area contributed by atoms with Gasteiger partial charge in [-0.3, -0.25) is 9.59 Å². The molecule has 2 amide bonds. The summed E-state index contributed by atoms with van der Waals surface area (Å²) >= 11 is 0. The molecule has 158 valence electrons. The van der Waals surface area contributed by atoms with E-state index in [-0.39, 0.29) is 17.5 Å². The molecule has 2 aromatic carbocycles. The molecule has 0 atom stereocenters. The van der Waals surface area contributed by atoms with E-state index in [1.807, 2.05) is 6.92 Å². The van der Waals surface area contributed by atoms with Crippen molar-refractivity contribution in [3.05, 3.63) is 53.6 Å². The summed E-state index contributed by atoms with van der Waals surface area (Å²) in [6, 6.07) is 11.5. The van der Waals surface area contributed by atoms with E-state index in [1.54, 1.807) is 30.3 Å². The van der Waals surface area contributed by atoms with Crippen LogP contribution in [0.15, 0.2) is 42.5 Å². The lowest BCUT2D eigenvalue weighted by Gasteiger charge is -2.11. The van der Waals surface area contributed by atoms with Gasteiger partial charge in [0.05, 0.1) is 19.3 Å². The standard InChI is InChI=1S/C22H24N2O6/c1-3-29-19-12-15(7-10-18(19)28-2)22(27)30-13-20(25)23-17-6-4-5-14(11-17)21(26)24-16-8-9-16/h4-7,10-12,16H,3,8-9,13H2,1-2H3,(H,23,25)(H,24,26). The van der Waals surface area contributed by atoms with Gasteiger partial charge in [0.1, 0.15) is 0 Å².